The molecular formula is C21H21ClN2O6S. The molecule has 3 aromatic rings. The Balaban J connectivity index is 1.83. The van der Waals surface area contributed by atoms with Gasteiger partial charge in [-0.1, -0.05) is 35.9 Å². The zero-order valence-electron chi connectivity index (χ0n) is 16.6. The van der Waals surface area contributed by atoms with Crippen molar-refractivity contribution in [1.29, 1.82) is 0 Å². The standard InChI is InChI=1S/C21H21ClN2O6S/c1-2-23-12-19(25)24(21(23)28)11-16(20(26)27)13-31(29,30)18-9-5-15(6-10-18)14-3-7-17(22)8-4-14/h3-10,12,16,25H,2,11,13H2,1H3,(H,26,27). The lowest BCUT2D eigenvalue weighted by Gasteiger charge is -2.14. The number of aryl methyl sites for hydroxylation is 1. The largest absolute Gasteiger partial charge is 0.493 e. The average molecular weight is 465 g/mol. The minimum atomic E-state index is -3.96. The van der Waals surface area contributed by atoms with Crippen LogP contribution in [0.4, 0.5) is 0 Å². The summed E-state index contributed by atoms with van der Waals surface area (Å²) in [7, 11) is -3.96. The van der Waals surface area contributed by atoms with Gasteiger partial charge in [0.1, 0.15) is 0 Å². The average Bonchev–Trinajstić information content (AvgIpc) is 3.01. The first-order valence-electron chi connectivity index (χ1n) is 9.43. The molecule has 1 aromatic heterocycles. The van der Waals surface area contributed by atoms with Crippen molar-refractivity contribution in [3.05, 3.63) is 70.2 Å². The summed E-state index contributed by atoms with van der Waals surface area (Å²) in [6.07, 6.45) is 1.19. The van der Waals surface area contributed by atoms with E-state index < -0.39 is 45.6 Å². The van der Waals surface area contributed by atoms with E-state index in [1.54, 1.807) is 43.3 Å². The maximum absolute atomic E-state index is 12.8. The van der Waals surface area contributed by atoms with Crippen molar-refractivity contribution in [1.82, 2.24) is 9.13 Å². The zero-order valence-corrected chi connectivity index (χ0v) is 18.2. The number of benzene rings is 2. The van der Waals surface area contributed by atoms with E-state index in [4.69, 9.17) is 11.6 Å². The number of imidazole rings is 1. The smallest absolute Gasteiger partial charge is 0.331 e. The van der Waals surface area contributed by atoms with Crippen LogP contribution in [0.2, 0.25) is 5.02 Å². The molecule has 0 radical (unpaired) electrons. The quantitative estimate of drug-likeness (QED) is 0.529. The summed E-state index contributed by atoms with van der Waals surface area (Å²) in [6, 6.07) is 13.1. The van der Waals surface area contributed by atoms with Crippen LogP contribution >= 0.6 is 11.6 Å². The molecule has 3 rings (SSSR count). The fraction of sp³-hybridized carbons (Fsp3) is 0.238. The van der Waals surface area contributed by atoms with Crippen LogP contribution in [0.3, 0.4) is 0 Å². The number of carboxylic acid groups (broad SMARTS) is 1. The van der Waals surface area contributed by atoms with Gasteiger partial charge >= 0.3 is 11.7 Å². The molecule has 1 heterocycles. The summed E-state index contributed by atoms with van der Waals surface area (Å²) >= 11 is 5.88. The second-order valence-electron chi connectivity index (χ2n) is 7.01. The van der Waals surface area contributed by atoms with E-state index in [1.165, 1.54) is 22.9 Å². The molecule has 10 heteroatoms. The van der Waals surface area contributed by atoms with Crippen molar-refractivity contribution < 1.29 is 23.4 Å². The van der Waals surface area contributed by atoms with Crippen molar-refractivity contribution >= 4 is 27.4 Å². The summed E-state index contributed by atoms with van der Waals surface area (Å²) in [4.78, 5) is 23.9. The van der Waals surface area contributed by atoms with Gasteiger partial charge in [0, 0.05) is 18.1 Å². The molecule has 2 aromatic carbocycles. The number of sulfone groups is 1. The van der Waals surface area contributed by atoms with Gasteiger partial charge < -0.3 is 10.2 Å². The van der Waals surface area contributed by atoms with Gasteiger partial charge in [-0.25, -0.2) is 13.2 Å². The zero-order chi connectivity index (χ0) is 22.8. The third kappa shape index (κ3) is 5.00. The number of aromatic hydroxyl groups is 1. The normalized spacial score (nSPS) is 12.6. The molecular weight excluding hydrogens is 444 g/mol. The molecule has 8 nitrogen and oxygen atoms in total. The van der Waals surface area contributed by atoms with E-state index in [-0.39, 0.29) is 11.4 Å². The number of hydrogen-bond donors (Lipinski definition) is 2. The lowest BCUT2D eigenvalue weighted by molar-refractivity contribution is -0.141. The molecule has 0 bridgehead atoms. The maximum Gasteiger partial charge on any atom is 0.331 e. The second kappa shape index (κ2) is 8.99. The molecule has 2 N–H and O–H groups in total. The maximum atomic E-state index is 12.8. The lowest BCUT2D eigenvalue weighted by Crippen LogP contribution is -2.33. The summed E-state index contributed by atoms with van der Waals surface area (Å²) in [5.41, 5.74) is 1.03. The van der Waals surface area contributed by atoms with Gasteiger partial charge in [0.25, 0.3) is 0 Å². The Morgan fingerprint density at radius 2 is 1.61 bits per heavy atom. The van der Waals surface area contributed by atoms with Crippen molar-refractivity contribution in [3.63, 3.8) is 0 Å². The van der Waals surface area contributed by atoms with Crippen LogP contribution in [-0.2, 0) is 27.7 Å². The predicted molar refractivity (Wildman–Crippen MR) is 116 cm³/mol. The Bertz CT molecular complexity index is 1240. The molecule has 1 atom stereocenters. The van der Waals surface area contributed by atoms with Crippen LogP contribution in [0.15, 0.2) is 64.4 Å². The Labute approximate surface area is 183 Å². The molecule has 0 aliphatic carbocycles. The van der Waals surface area contributed by atoms with E-state index >= 15 is 0 Å². The molecule has 0 amide bonds. The highest BCUT2D eigenvalue weighted by atomic mass is 35.5. The SMILES string of the molecule is CCn1cc(O)n(CC(CS(=O)(=O)c2ccc(-c3ccc(Cl)cc3)cc2)C(=O)O)c1=O. The fourth-order valence-corrected chi connectivity index (χ4v) is 4.84. The first-order valence-corrected chi connectivity index (χ1v) is 11.5. The summed E-state index contributed by atoms with van der Waals surface area (Å²) in [5.74, 6) is -3.93. The highest BCUT2D eigenvalue weighted by Gasteiger charge is 2.29. The number of carbonyl (C=O) groups is 1. The number of nitrogens with zero attached hydrogens (tertiary/aromatic N) is 2. The van der Waals surface area contributed by atoms with Gasteiger partial charge in [-0.15, -0.1) is 0 Å². The van der Waals surface area contributed by atoms with Gasteiger partial charge in [0.15, 0.2) is 9.84 Å². The Morgan fingerprint density at radius 3 is 2.10 bits per heavy atom. The molecule has 0 saturated carbocycles. The van der Waals surface area contributed by atoms with E-state index in [0.29, 0.717) is 5.02 Å². The van der Waals surface area contributed by atoms with E-state index in [0.717, 1.165) is 15.7 Å². The third-order valence-corrected chi connectivity index (χ3v) is 7.01. The van der Waals surface area contributed by atoms with E-state index in [2.05, 4.69) is 0 Å². The summed E-state index contributed by atoms with van der Waals surface area (Å²) in [6.45, 7) is 1.52. The number of rotatable bonds is 8. The lowest BCUT2D eigenvalue weighted by atomic mass is 10.1. The molecule has 31 heavy (non-hydrogen) atoms. The number of aromatic nitrogens is 2. The minimum absolute atomic E-state index is 0.0286. The van der Waals surface area contributed by atoms with Gasteiger partial charge in [0.2, 0.25) is 5.88 Å². The molecule has 0 aliphatic rings. The van der Waals surface area contributed by atoms with Crippen LogP contribution < -0.4 is 5.69 Å². The predicted octanol–water partition coefficient (Wildman–Crippen LogP) is 2.87. The fourth-order valence-electron chi connectivity index (χ4n) is 3.20. The Hall–Kier alpha value is -3.04. The highest BCUT2D eigenvalue weighted by molar-refractivity contribution is 7.91. The molecule has 0 fully saturated rings. The van der Waals surface area contributed by atoms with Gasteiger partial charge in [-0.05, 0) is 42.3 Å². The van der Waals surface area contributed by atoms with Crippen LogP contribution in [0.5, 0.6) is 5.88 Å². The van der Waals surface area contributed by atoms with E-state index in [9.17, 15) is 28.2 Å². The number of carboxylic acids is 1. The van der Waals surface area contributed by atoms with E-state index in [1.807, 2.05) is 0 Å². The first kappa shape index (κ1) is 22.6. The van der Waals surface area contributed by atoms with Crippen molar-refractivity contribution in [2.24, 2.45) is 5.92 Å². The number of halogens is 1. The number of aliphatic carboxylic acids is 1. The van der Waals surface area contributed by atoms with Crippen molar-refractivity contribution in [3.8, 4) is 17.0 Å². The second-order valence-corrected chi connectivity index (χ2v) is 9.49. The van der Waals surface area contributed by atoms with Gasteiger partial charge in [-0.2, -0.15) is 0 Å². The van der Waals surface area contributed by atoms with Crippen molar-refractivity contribution in [2.45, 2.75) is 24.9 Å². The number of hydrogen-bond acceptors (Lipinski definition) is 5. The van der Waals surface area contributed by atoms with Crippen LogP contribution in [0.1, 0.15) is 6.92 Å². The third-order valence-electron chi connectivity index (χ3n) is 4.93. The Kier molecular flexibility index (Phi) is 6.56. The van der Waals surface area contributed by atoms with Gasteiger partial charge in [-0.3, -0.25) is 13.9 Å². The molecule has 0 spiro atoms. The van der Waals surface area contributed by atoms with Gasteiger partial charge in [0.05, 0.1) is 22.8 Å². The highest BCUT2D eigenvalue weighted by Crippen LogP contribution is 2.24. The van der Waals surface area contributed by atoms with Crippen LogP contribution in [0, 0.1) is 5.92 Å². The first-order chi connectivity index (χ1) is 14.6. The van der Waals surface area contributed by atoms with Crippen LogP contribution in [0.25, 0.3) is 11.1 Å². The molecule has 1 unspecified atom stereocenters. The Morgan fingerprint density at radius 1 is 1.06 bits per heavy atom. The van der Waals surface area contributed by atoms with Crippen molar-refractivity contribution in [2.75, 3.05) is 5.75 Å². The summed E-state index contributed by atoms with van der Waals surface area (Å²) < 4.78 is 27.7. The molecule has 164 valence electrons. The molecule has 0 aliphatic heterocycles. The van der Waals surface area contributed by atoms with Crippen LogP contribution in [-0.4, -0.2) is 39.5 Å². The molecule has 0 saturated heterocycles. The minimum Gasteiger partial charge on any atom is -0.493 e. The monoisotopic (exact) mass is 464 g/mol. The topological polar surface area (TPSA) is 119 Å². The summed E-state index contributed by atoms with van der Waals surface area (Å²) in [5, 5.41) is 20.0.